The lowest BCUT2D eigenvalue weighted by molar-refractivity contribution is 0.0947. The average Bonchev–Trinajstić information content (AvgIpc) is 2.77. The van der Waals surface area contributed by atoms with E-state index in [4.69, 9.17) is 10.5 Å². The fourth-order valence-corrected chi connectivity index (χ4v) is 1.83. The standard InChI is InChI=1S/C10H17N3O2S.ClH/c1-15-5-3-2-4-12-10(14)8-7-16-9(6-11)13-8;/h7H,2-6,11H2,1H3,(H,12,14);1H. The second-order valence-corrected chi connectivity index (χ2v) is 4.23. The number of halogens is 1. The molecule has 0 radical (unpaired) electrons. The van der Waals surface area contributed by atoms with Crippen LogP contribution in [-0.2, 0) is 11.3 Å². The topological polar surface area (TPSA) is 77.2 Å². The van der Waals surface area contributed by atoms with Crippen LogP contribution in [0.15, 0.2) is 5.38 Å². The predicted octanol–water partition coefficient (Wildman–Crippen LogP) is 1.18. The highest BCUT2D eigenvalue weighted by atomic mass is 35.5. The normalized spacial score (nSPS) is 9.76. The van der Waals surface area contributed by atoms with Crippen LogP contribution < -0.4 is 11.1 Å². The molecule has 1 aromatic rings. The number of carbonyl (C=O) groups excluding carboxylic acids is 1. The van der Waals surface area contributed by atoms with Crippen LogP contribution >= 0.6 is 23.7 Å². The van der Waals surface area contributed by atoms with Crippen LogP contribution in [0.3, 0.4) is 0 Å². The van der Waals surface area contributed by atoms with Gasteiger partial charge in [-0.3, -0.25) is 4.79 Å². The summed E-state index contributed by atoms with van der Waals surface area (Å²) < 4.78 is 4.91. The Hall–Kier alpha value is -0.690. The van der Waals surface area contributed by atoms with Gasteiger partial charge in [-0.1, -0.05) is 0 Å². The Morgan fingerprint density at radius 3 is 2.94 bits per heavy atom. The molecule has 0 aliphatic rings. The summed E-state index contributed by atoms with van der Waals surface area (Å²) in [6.45, 7) is 1.76. The van der Waals surface area contributed by atoms with Crippen LogP contribution in [0.1, 0.15) is 28.3 Å². The monoisotopic (exact) mass is 279 g/mol. The number of hydrogen-bond donors (Lipinski definition) is 2. The van der Waals surface area contributed by atoms with E-state index in [1.165, 1.54) is 11.3 Å². The minimum absolute atomic E-state index is 0. The number of amides is 1. The van der Waals surface area contributed by atoms with Crippen LogP contribution in [0.2, 0.25) is 0 Å². The van der Waals surface area contributed by atoms with Crippen LogP contribution in [-0.4, -0.2) is 31.2 Å². The van der Waals surface area contributed by atoms with Crippen molar-refractivity contribution >= 4 is 29.7 Å². The molecular weight excluding hydrogens is 262 g/mol. The third-order valence-corrected chi connectivity index (χ3v) is 2.89. The maximum atomic E-state index is 11.6. The van der Waals surface area contributed by atoms with Gasteiger partial charge in [-0.05, 0) is 12.8 Å². The molecule has 17 heavy (non-hydrogen) atoms. The Balaban J connectivity index is 0.00000256. The van der Waals surface area contributed by atoms with Gasteiger partial charge < -0.3 is 15.8 Å². The zero-order valence-electron chi connectivity index (χ0n) is 9.77. The van der Waals surface area contributed by atoms with Crippen LogP contribution in [0, 0.1) is 0 Å². The summed E-state index contributed by atoms with van der Waals surface area (Å²) in [5.41, 5.74) is 5.88. The quantitative estimate of drug-likeness (QED) is 0.735. The molecule has 98 valence electrons. The highest BCUT2D eigenvalue weighted by Gasteiger charge is 2.08. The smallest absolute Gasteiger partial charge is 0.270 e. The van der Waals surface area contributed by atoms with E-state index in [2.05, 4.69) is 10.3 Å². The summed E-state index contributed by atoms with van der Waals surface area (Å²) in [5.74, 6) is -0.131. The highest BCUT2D eigenvalue weighted by molar-refractivity contribution is 7.09. The molecule has 5 nitrogen and oxygen atoms in total. The molecule has 7 heteroatoms. The molecule has 0 bridgehead atoms. The van der Waals surface area contributed by atoms with E-state index in [0.29, 0.717) is 18.8 Å². The Bertz CT molecular complexity index is 333. The fourth-order valence-electron chi connectivity index (χ4n) is 1.17. The zero-order chi connectivity index (χ0) is 11.8. The van der Waals surface area contributed by atoms with Gasteiger partial charge in [0.15, 0.2) is 0 Å². The van der Waals surface area contributed by atoms with E-state index in [0.717, 1.165) is 24.5 Å². The summed E-state index contributed by atoms with van der Waals surface area (Å²) >= 11 is 1.41. The van der Waals surface area contributed by atoms with Crippen molar-refractivity contribution < 1.29 is 9.53 Å². The third kappa shape index (κ3) is 5.97. The van der Waals surface area contributed by atoms with Gasteiger partial charge in [-0.15, -0.1) is 23.7 Å². The van der Waals surface area contributed by atoms with Gasteiger partial charge in [-0.25, -0.2) is 4.98 Å². The minimum Gasteiger partial charge on any atom is -0.385 e. The van der Waals surface area contributed by atoms with Gasteiger partial charge in [-0.2, -0.15) is 0 Å². The number of unbranched alkanes of at least 4 members (excludes halogenated alkanes) is 1. The number of nitrogens with one attached hydrogen (secondary N) is 1. The molecule has 0 aliphatic heterocycles. The molecule has 0 atom stereocenters. The zero-order valence-corrected chi connectivity index (χ0v) is 11.4. The molecule has 0 saturated carbocycles. The molecule has 1 heterocycles. The van der Waals surface area contributed by atoms with E-state index in [1.807, 2.05) is 0 Å². The first kappa shape index (κ1) is 16.3. The van der Waals surface area contributed by atoms with Gasteiger partial charge >= 0.3 is 0 Å². The molecule has 0 aliphatic carbocycles. The summed E-state index contributed by atoms with van der Waals surface area (Å²) in [6, 6.07) is 0. The van der Waals surface area contributed by atoms with Crippen molar-refractivity contribution in [3.63, 3.8) is 0 Å². The largest absolute Gasteiger partial charge is 0.385 e. The number of thiazole rings is 1. The van der Waals surface area contributed by atoms with Gasteiger partial charge in [0.25, 0.3) is 5.91 Å². The molecule has 1 aromatic heterocycles. The Kier molecular flexibility index (Phi) is 8.97. The molecule has 0 aromatic carbocycles. The van der Waals surface area contributed by atoms with Gasteiger partial charge in [0.2, 0.25) is 0 Å². The van der Waals surface area contributed by atoms with Crippen molar-refractivity contribution in [2.75, 3.05) is 20.3 Å². The summed E-state index contributed by atoms with van der Waals surface area (Å²) in [7, 11) is 1.67. The van der Waals surface area contributed by atoms with Crippen molar-refractivity contribution in [3.05, 3.63) is 16.1 Å². The maximum Gasteiger partial charge on any atom is 0.270 e. The van der Waals surface area contributed by atoms with Crippen LogP contribution in [0.5, 0.6) is 0 Å². The number of carbonyl (C=O) groups is 1. The second kappa shape index (κ2) is 9.35. The van der Waals surface area contributed by atoms with Crippen molar-refractivity contribution in [3.8, 4) is 0 Å². The first-order valence-corrected chi connectivity index (χ1v) is 6.07. The van der Waals surface area contributed by atoms with Crippen LogP contribution in [0.4, 0.5) is 0 Å². The van der Waals surface area contributed by atoms with Gasteiger partial charge in [0.1, 0.15) is 10.7 Å². The molecule has 1 rings (SSSR count). The van der Waals surface area contributed by atoms with Crippen molar-refractivity contribution in [1.82, 2.24) is 10.3 Å². The van der Waals surface area contributed by atoms with Gasteiger partial charge in [0, 0.05) is 32.2 Å². The first-order valence-electron chi connectivity index (χ1n) is 5.19. The van der Waals surface area contributed by atoms with Crippen molar-refractivity contribution in [1.29, 1.82) is 0 Å². The number of aromatic nitrogens is 1. The number of nitrogens with zero attached hydrogens (tertiary/aromatic N) is 1. The predicted molar refractivity (Wildman–Crippen MR) is 70.7 cm³/mol. The number of methoxy groups -OCH3 is 1. The molecular formula is C10H18ClN3O2S. The Morgan fingerprint density at radius 2 is 2.35 bits per heavy atom. The second-order valence-electron chi connectivity index (χ2n) is 3.29. The highest BCUT2D eigenvalue weighted by Crippen LogP contribution is 2.08. The average molecular weight is 280 g/mol. The van der Waals surface area contributed by atoms with E-state index in [1.54, 1.807) is 12.5 Å². The number of nitrogens with two attached hydrogens (primary N) is 1. The minimum atomic E-state index is -0.131. The molecule has 0 spiro atoms. The van der Waals surface area contributed by atoms with Gasteiger partial charge in [0.05, 0.1) is 0 Å². The van der Waals surface area contributed by atoms with Crippen molar-refractivity contribution in [2.45, 2.75) is 19.4 Å². The number of ether oxygens (including phenoxy) is 1. The molecule has 1 amide bonds. The van der Waals surface area contributed by atoms with Crippen LogP contribution in [0.25, 0.3) is 0 Å². The maximum absolute atomic E-state index is 11.6. The summed E-state index contributed by atoms with van der Waals surface area (Å²) in [5, 5.41) is 5.31. The van der Waals surface area contributed by atoms with E-state index < -0.39 is 0 Å². The van der Waals surface area contributed by atoms with E-state index in [9.17, 15) is 4.79 Å². The lowest BCUT2D eigenvalue weighted by Crippen LogP contribution is -2.25. The molecule has 0 saturated heterocycles. The summed E-state index contributed by atoms with van der Waals surface area (Å²) in [4.78, 5) is 15.7. The molecule has 0 fully saturated rings. The SMILES string of the molecule is COCCCCNC(=O)c1csc(CN)n1.Cl. The first-order chi connectivity index (χ1) is 7.77. The molecule has 0 unspecified atom stereocenters. The molecule has 3 N–H and O–H groups in total. The van der Waals surface area contributed by atoms with E-state index >= 15 is 0 Å². The van der Waals surface area contributed by atoms with Crippen molar-refractivity contribution in [2.24, 2.45) is 5.73 Å². The number of hydrogen-bond acceptors (Lipinski definition) is 5. The summed E-state index contributed by atoms with van der Waals surface area (Å²) in [6.07, 6.45) is 1.86. The lowest BCUT2D eigenvalue weighted by Gasteiger charge is -2.02. The van der Waals surface area contributed by atoms with E-state index in [-0.39, 0.29) is 18.3 Å². The lowest BCUT2D eigenvalue weighted by atomic mass is 10.3. The Morgan fingerprint density at radius 1 is 1.59 bits per heavy atom. The fraction of sp³-hybridized carbons (Fsp3) is 0.600. The number of rotatable bonds is 7. The third-order valence-electron chi connectivity index (χ3n) is 2.02. The Labute approximate surface area is 111 Å².